The lowest BCUT2D eigenvalue weighted by Gasteiger charge is -2.14. The molecule has 0 N–H and O–H groups in total. The summed E-state index contributed by atoms with van der Waals surface area (Å²) in [6.07, 6.45) is 1.20. The number of aromatic nitrogens is 4. The molecular weight excluding hydrogens is 444 g/mol. The van der Waals surface area contributed by atoms with E-state index in [2.05, 4.69) is 10.2 Å². The predicted molar refractivity (Wildman–Crippen MR) is 136 cm³/mol. The molecule has 2 heterocycles. The molecule has 170 valence electrons. The van der Waals surface area contributed by atoms with Gasteiger partial charge >= 0.3 is 0 Å². The van der Waals surface area contributed by atoms with Gasteiger partial charge in [0.1, 0.15) is 0 Å². The van der Waals surface area contributed by atoms with E-state index < -0.39 is 0 Å². The number of nitrogens with zero attached hydrogens (tertiary/aromatic N) is 4. The number of fused-ring (bicyclic) bond motifs is 3. The zero-order chi connectivity index (χ0) is 23.7. The summed E-state index contributed by atoms with van der Waals surface area (Å²) < 4.78 is 3.60. The Kier molecular flexibility index (Phi) is 6.02. The van der Waals surface area contributed by atoms with Gasteiger partial charge in [-0.25, -0.2) is 4.57 Å². The van der Waals surface area contributed by atoms with Crippen molar-refractivity contribution in [2.24, 2.45) is 0 Å². The highest BCUT2D eigenvalue weighted by Gasteiger charge is 2.19. The first-order valence-electron chi connectivity index (χ1n) is 11.2. The first-order valence-corrected chi connectivity index (χ1v) is 12.2. The number of aryl methyl sites for hydroxylation is 2. The Morgan fingerprint density at radius 1 is 0.941 bits per heavy atom. The minimum atomic E-state index is -0.116. The van der Waals surface area contributed by atoms with Gasteiger partial charge < -0.3 is 0 Å². The lowest BCUT2D eigenvalue weighted by atomic mass is 10.1. The fourth-order valence-corrected chi connectivity index (χ4v) is 4.99. The minimum absolute atomic E-state index is 0.116. The topological polar surface area (TPSA) is 69.3 Å². The smallest absolute Gasteiger partial charge is 0.267 e. The van der Waals surface area contributed by atoms with E-state index >= 15 is 0 Å². The molecule has 0 unspecified atom stereocenters. The lowest BCUT2D eigenvalue weighted by molar-refractivity contribution is 0.0982. The highest BCUT2D eigenvalue weighted by molar-refractivity contribution is 7.99. The van der Waals surface area contributed by atoms with Gasteiger partial charge in [0, 0.05) is 17.7 Å². The number of ketones is 1. The van der Waals surface area contributed by atoms with Crippen LogP contribution in [0.3, 0.4) is 0 Å². The Morgan fingerprint density at radius 3 is 2.53 bits per heavy atom. The van der Waals surface area contributed by atoms with Crippen LogP contribution >= 0.6 is 11.8 Å². The van der Waals surface area contributed by atoms with Crippen molar-refractivity contribution in [3.8, 4) is 5.69 Å². The van der Waals surface area contributed by atoms with Gasteiger partial charge in [0.25, 0.3) is 5.56 Å². The quantitative estimate of drug-likeness (QED) is 0.182. The van der Waals surface area contributed by atoms with Crippen molar-refractivity contribution in [2.75, 3.05) is 5.75 Å². The minimum Gasteiger partial charge on any atom is -0.294 e. The van der Waals surface area contributed by atoms with Gasteiger partial charge in [0.2, 0.25) is 5.78 Å². The number of carbonyl (C=O) groups is 1. The summed E-state index contributed by atoms with van der Waals surface area (Å²) in [6, 6.07) is 23.0. The van der Waals surface area contributed by atoms with Crippen molar-refractivity contribution in [3.63, 3.8) is 0 Å². The Hall–Kier alpha value is -3.71. The van der Waals surface area contributed by atoms with Gasteiger partial charge in [0.15, 0.2) is 10.9 Å². The van der Waals surface area contributed by atoms with Gasteiger partial charge in [-0.1, -0.05) is 66.4 Å². The molecule has 0 bridgehead atoms. The molecule has 0 saturated heterocycles. The molecule has 0 atom stereocenters. The predicted octanol–water partition coefficient (Wildman–Crippen LogP) is 5.41. The molecule has 34 heavy (non-hydrogen) atoms. The van der Waals surface area contributed by atoms with E-state index in [9.17, 15) is 9.59 Å². The monoisotopic (exact) mass is 468 g/mol. The maximum atomic E-state index is 13.5. The van der Waals surface area contributed by atoms with Crippen LogP contribution in [0.4, 0.5) is 0 Å². The molecule has 3 aromatic carbocycles. The first kappa shape index (κ1) is 22.1. The van der Waals surface area contributed by atoms with Gasteiger partial charge in [-0.15, -0.1) is 10.2 Å². The summed E-state index contributed by atoms with van der Waals surface area (Å²) in [7, 11) is 0. The third kappa shape index (κ3) is 4.03. The van der Waals surface area contributed by atoms with Crippen LogP contribution in [0, 0.1) is 13.8 Å². The third-order valence-electron chi connectivity index (χ3n) is 5.88. The largest absolute Gasteiger partial charge is 0.294 e. The fourth-order valence-electron chi connectivity index (χ4n) is 4.11. The molecule has 6 nitrogen and oxygen atoms in total. The molecule has 0 aliphatic rings. The van der Waals surface area contributed by atoms with Crippen molar-refractivity contribution < 1.29 is 4.79 Å². The van der Waals surface area contributed by atoms with Crippen molar-refractivity contribution >= 4 is 34.2 Å². The van der Waals surface area contributed by atoms with Crippen LogP contribution in [0.15, 0.2) is 82.7 Å². The summed E-state index contributed by atoms with van der Waals surface area (Å²) >= 11 is 1.55. The second kappa shape index (κ2) is 9.27. The van der Waals surface area contributed by atoms with Crippen molar-refractivity contribution in [1.29, 1.82) is 0 Å². The number of hydrogen-bond acceptors (Lipinski definition) is 5. The number of hydrogen-bond donors (Lipinski definition) is 0. The molecule has 0 radical (unpaired) electrons. The van der Waals surface area contributed by atoms with Gasteiger partial charge in [0.05, 0.1) is 16.6 Å². The van der Waals surface area contributed by atoms with Crippen LogP contribution < -0.4 is 5.56 Å². The Balaban J connectivity index is 1.51. The van der Waals surface area contributed by atoms with Crippen LogP contribution in [0.25, 0.3) is 22.4 Å². The lowest BCUT2D eigenvalue weighted by Crippen LogP contribution is -2.22. The van der Waals surface area contributed by atoms with Crippen molar-refractivity contribution in [3.05, 3.63) is 99.8 Å². The Labute approximate surface area is 201 Å². The zero-order valence-corrected chi connectivity index (χ0v) is 19.9. The number of thioether (sulfide) groups is 1. The molecule has 0 aliphatic heterocycles. The van der Waals surface area contributed by atoms with Crippen LogP contribution in [0.1, 0.15) is 34.3 Å². The summed E-state index contributed by atoms with van der Waals surface area (Å²) in [5.74, 6) is 1.35. The highest BCUT2D eigenvalue weighted by Crippen LogP contribution is 2.25. The fraction of sp³-hybridized carbons (Fsp3) is 0.185. The van der Waals surface area contributed by atoms with Gasteiger partial charge in [-0.05, 0) is 49.6 Å². The standard InChI is InChI=1S/C27H24N4O2S/c1-18-14-15-19(2)23(17-18)30-25(33)21-11-6-7-12-22(21)31-26(30)28-29-27(31)34-16-8-13-24(32)20-9-4-3-5-10-20/h3-7,9-12,14-15,17H,8,13,16H2,1-2H3. The van der Waals surface area contributed by atoms with Gasteiger partial charge in [-0.2, -0.15) is 0 Å². The van der Waals surface area contributed by atoms with Crippen molar-refractivity contribution in [2.45, 2.75) is 31.8 Å². The van der Waals surface area contributed by atoms with E-state index in [0.29, 0.717) is 22.7 Å². The van der Waals surface area contributed by atoms with Crippen LogP contribution in [0.5, 0.6) is 0 Å². The maximum absolute atomic E-state index is 13.5. The summed E-state index contributed by atoms with van der Waals surface area (Å²) in [5, 5.41) is 10.2. The molecule has 0 spiro atoms. The molecule has 0 saturated carbocycles. The van der Waals surface area contributed by atoms with E-state index in [0.717, 1.165) is 40.1 Å². The summed E-state index contributed by atoms with van der Waals surface area (Å²) in [6.45, 7) is 4.00. The number of para-hydroxylation sites is 1. The van der Waals surface area contributed by atoms with Crippen LogP contribution in [-0.2, 0) is 0 Å². The molecule has 2 aromatic heterocycles. The number of benzene rings is 3. The molecule has 5 aromatic rings. The Morgan fingerprint density at radius 2 is 1.71 bits per heavy atom. The first-order chi connectivity index (χ1) is 16.5. The summed E-state index contributed by atoms with van der Waals surface area (Å²) in [4.78, 5) is 25.9. The van der Waals surface area contributed by atoms with E-state index in [1.54, 1.807) is 16.3 Å². The SMILES string of the molecule is Cc1ccc(C)c(-n2c(=O)c3ccccc3n3c(SCCCC(=O)c4ccccc4)nnc23)c1. The summed E-state index contributed by atoms with van der Waals surface area (Å²) in [5.41, 5.74) is 4.26. The molecule has 0 amide bonds. The average Bonchev–Trinajstić information content (AvgIpc) is 3.28. The van der Waals surface area contributed by atoms with E-state index in [1.807, 2.05) is 91.0 Å². The van der Waals surface area contributed by atoms with Gasteiger partial charge in [-0.3, -0.25) is 14.0 Å². The maximum Gasteiger partial charge on any atom is 0.267 e. The number of rotatable bonds is 7. The number of Topliss-reactive ketones (excluding diaryl/α,β-unsaturated/α-hetero) is 1. The molecule has 0 aliphatic carbocycles. The molecule has 0 fully saturated rings. The Bertz CT molecular complexity index is 1570. The van der Waals surface area contributed by atoms with E-state index in [1.165, 1.54) is 0 Å². The van der Waals surface area contributed by atoms with Crippen molar-refractivity contribution in [1.82, 2.24) is 19.2 Å². The molecule has 5 rings (SSSR count). The molecule has 7 heteroatoms. The number of carbonyl (C=O) groups excluding carboxylic acids is 1. The zero-order valence-electron chi connectivity index (χ0n) is 19.1. The normalized spacial score (nSPS) is 11.4. The average molecular weight is 469 g/mol. The van der Waals surface area contributed by atoms with E-state index in [4.69, 9.17) is 0 Å². The molecular formula is C27H24N4O2S. The van der Waals surface area contributed by atoms with Crippen LogP contribution in [-0.4, -0.2) is 30.7 Å². The van der Waals surface area contributed by atoms with E-state index in [-0.39, 0.29) is 11.3 Å². The second-order valence-corrected chi connectivity index (χ2v) is 9.37. The third-order valence-corrected chi connectivity index (χ3v) is 6.89. The highest BCUT2D eigenvalue weighted by atomic mass is 32.2. The van der Waals surface area contributed by atoms with Crippen LogP contribution in [0.2, 0.25) is 0 Å². The second-order valence-electron chi connectivity index (χ2n) is 8.31.